The topological polar surface area (TPSA) is 77.0 Å². The summed E-state index contributed by atoms with van der Waals surface area (Å²) in [5, 5.41) is 13.9. The van der Waals surface area contributed by atoms with Crippen molar-refractivity contribution in [2.45, 2.75) is 65.1 Å². The maximum atomic E-state index is 12.2. The molecule has 2 N–H and O–H groups in total. The van der Waals surface area contributed by atoms with Gasteiger partial charge in [0.2, 0.25) is 0 Å². The number of amides is 1. The molecule has 0 aliphatic carbocycles. The van der Waals surface area contributed by atoms with Gasteiger partial charge in [-0.3, -0.25) is 0 Å². The standard InChI is InChI=1S/C20H31NO5/c1-13(2)12-16(21-19(23)26-20(3,4)5)17(22)14-8-6-7-9-15(14)18-24-10-11-25-18/h6-9,13,16-18,22H,10-12H2,1-5H3,(H,21,23)/t16-,17-/m1/s1. The van der Waals surface area contributed by atoms with Crippen molar-refractivity contribution in [1.82, 2.24) is 5.32 Å². The first-order chi connectivity index (χ1) is 12.2. The van der Waals surface area contributed by atoms with E-state index in [0.29, 0.717) is 25.2 Å². The van der Waals surface area contributed by atoms with Crippen molar-refractivity contribution in [2.24, 2.45) is 5.92 Å². The third-order valence-electron chi connectivity index (χ3n) is 4.00. The van der Waals surface area contributed by atoms with E-state index in [0.717, 1.165) is 5.56 Å². The lowest BCUT2D eigenvalue weighted by atomic mass is 9.91. The summed E-state index contributed by atoms with van der Waals surface area (Å²) in [6.45, 7) is 10.6. The number of rotatable bonds is 6. The highest BCUT2D eigenvalue weighted by molar-refractivity contribution is 5.68. The molecule has 2 atom stereocenters. The average molecular weight is 365 g/mol. The van der Waals surface area contributed by atoms with Gasteiger partial charge in [-0.05, 0) is 38.7 Å². The van der Waals surface area contributed by atoms with Gasteiger partial charge in [-0.25, -0.2) is 4.79 Å². The lowest BCUT2D eigenvalue weighted by Gasteiger charge is -2.29. The first kappa shape index (κ1) is 20.7. The summed E-state index contributed by atoms with van der Waals surface area (Å²) in [5.41, 5.74) is 0.888. The molecule has 1 aromatic carbocycles. The van der Waals surface area contributed by atoms with E-state index < -0.39 is 30.1 Å². The van der Waals surface area contributed by atoms with Crippen LogP contribution in [0.4, 0.5) is 4.79 Å². The number of aliphatic hydroxyl groups is 1. The van der Waals surface area contributed by atoms with Crippen LogP contribution >= 0.6 is 0 Å². The second kappa shape index (κ2) is 8.84. The van der Waals surface area contributed by atoms with E-state index in [9.17, 15) is 9.90 Å². The quantitative estimate of drug-likeness (QED) is 0.804. The van der Waals surface area contributed by atoms with Gasteiger partial charge < -0.3 is 24.6 Å². The molecule has 2 rings (SSSR count). The summed E-state index contributed by atoms with van der Waals surface area (Å²) in [4.78, 5) is 12.2. The van der Waals surface area contributed by atoms with Gasteiger partial charge in [0.05, 0.1) is 25.4 Å². The third kappa shape index (κ3) is 5.97. The van der Waals surface area contributed by atoms with Crippen LogP contribution in [-0.2, 0) is 14.2 Å². The van der Waals surface area contributed by atoms with Gasteiger partial charge in [-0.2, -0.15) is 0 Å². The molecule has 0 unspecified atom stereocenters. The van der Waals surface area contributed by atoms with E-state index in [2.05, 4.69) is 5.32 Å². The Balaban J connectivity index is 2.21. The summed E-state index contributed by atoms with van der Waals surface area (Å²) < 4.78 is 16.5. The Labute approximate surface area is 155 Å². The van der Waals surface area contributed by atoms with Crippen molar-refractivity contribution >= 4 is 6.09 Å². The van der Waals surface area contributed by atoms with Crippen molar-refractivity contribution < 1.29 is 24.1 Å². The molecular formula is C20H31NO5. The minimum atomic E-state index is -0.895. The van der Waals surface area contributed by atoms with E-state index >= 15 is 0 Å². The van der Waals surface area contributed by atoms with Crippen molar-refractivity contribution in [2.75, 3.05) is 13.2 Å². The molecule has 146 valence electrons. The number of hydrogen-bond acceptors (Lipinski definition) is 5. The molecule has 1 aliphatic rings. The van der Waals surface area contributed by atoms with Crippen molar-refractivity contribution in [1.29, 1.82) is 0 Å². The van der Waals surface area contributed by atoms with Crippen LogP contribution in [0.15, 0.2) is 24.3 Å². The molecule has 1 amide bonds. The SMILES string of the molecule is CC(C)C[C@@H](NC(=O)OC(C)(C)C)[C@H](O)c1ccccc1C1OCCO1. The number of alkyl carbamates (subject to hydrolysis) is 1. The zero-order valence-electron chi connectivity index (χ0n) is 16.3. The van der Waals surface area contributed by atoms with E-state index in [1.807, 2.05) is 58.9 Å². The predicted molar refractivity (Wildman–Crippen MR) is 98.7 cm³/mol. The van der Waals surface area contributed by atoms with Crippen LogP contribution in [0.3, 0.4) is 0 Å². The summed E-state index contributed by atoms with van der Waals surface area (Å²) in [5.74, 6) is 0.288. The Morgan fingerprint density at radius 1 is 1.27 bits per heavy atom. The molecule has 0 spiro atoms. The van der Waals surface area contributed by atoms with Gasteiger partial charge in [0.1, 0.15) is 5.60 Å². The van der Waals surface area contributed by atoms with Crippen molar-refractivity contribution in [3.05, 3.63) is 35.4 Å². The third-order valence-corrected chi connectivity index (χ3v) is 4.00. The zero-order chi connectivity index (χ0) is 19.3. The number of ether oxygens (including phenoxy) is 3. The highest BCUT2D eigenvalue weighted by Crippen LogP contribution is 2.32. The fraction of sp³-hybridized carbons (Fsp3) is 0.650. The normalized spacial score (nSPS) is 18.0. The fourth-order valence-electron chi connectivity index (χ4n) is 2.98. The minimum Gasteiger partial charge on any atom is -0.444 e. The highest BCUT2D eigenvalue weighted by atomic mass is 16.7. The van der Waals surface area contributed by atoms with Crippen LogP contribution < -0.4 is 5.32 Å². The van der Waals surface area contributed by atoms with Crippen LogP contribution in [0, 0.1) is 5.92 Å². The largest absolute Gasteiger partial charge is 0.444 e. The Bertz CT molecular complexity index is 590. The molecule has 1 fully saturated rings. The number of benzene rings is 1. The molecule has 26 heavy (non-hydrogen) atoms. The Morgan fingerprint density at radius 3 is 2.46 bits per heavy atom. The minimum absolute atomic E-state index is 0.288. The first-order valence-electron chi connectivity index (χ1n) is 9.17. The van der Waals surface area contributed by atoms with Crippen LogP contribution in [0.25, 0.3) is 0 Å². The molecule has 1 aromatic rings. The molecule has 0 bridgehead atoms. The lowest BCUT2D eigenvalue weighted by Crippen LogP contribution is -2.43. The van der Waals surface area contributed by atoms with Crippen molar-refractivity contribution in [3.8, 4) is 0 Å². The van der Waals surface area contributed by atoms with E-state index in [1.54, 1.807) is 0 Å². The first-order valence-corrected chi connectivity index (χ1v) is 9.17. The summed E-state index contributed by atoms with van der Waals surface area (Å²) >= 11 is 0. The molecule has 1 saturated heterocycles. The van der Waals surface area contributed by atoms with Gasteiger partial charge in [0.25, 0.3) is 0 Å². The maximum absolute atomic E-state index is 12.2. The fourth-order valence-corrected chi connectivity index (χ4v) is 2.98. The van der Waals surface area contributed by atoms with Crippen LogP contribution in [0.2, 0.25) is 0 Å². The van der Waals surface area contributed by atoms with Crippen LogP contribution in [0.1, 0.15) is 64.6 Å². The smallest absolute Gasteiger partial charge is 0.407 e. The highest BCUT2D eigenvalue weighted by Gasteiger charge is 2.30. The number of carbonyl (C=O) groups is 1. The molecule has 0 radical (unpaired) electrons. The lowest BCUT2D eigenvalue weighted by molar-refractivity contribution is -0.0465. The molecule has 6 nitrogen and oxygen atoms in total. The van der Waals surface area contributed by atoms with Gasteiger partial charge in [0, 0.05) is 5.56 Å². The van der Waals surface area contributed by atoms with Gasteiger partial charge >= 0.3 is 6.09 Å². The summed E-state index contributed by atoms with van der Waals surface area (Å²) in [6, 6.07) is 6.99. The molecule has 1 heterocycles. The average Bonchev–Trinajstić information content (AvgIpc) is 3.05. The van der Waals surface area contributed by atoms with Gasteiger partial charge in [0.15, 0.2) is 6.29 Å². The molecule has 6 heteroatoms. The van der Waals surface area contributed by atoms with Crippen LogP contribution in [-0.4, -0.2) is 36.1 Å². The zero-order valence-corrected chi connectivity index (χ0v) is 16.3. The second-order valence-electron chi connectivity index (χ2n) is 8.03. The van der Waals surface area contributed by atoms with E-state index in [-0.39, 0.29) is 5.92 Å². The number of aliphatic hydroxyl groups excluding tert-OH is 1. The van der Waals surface area contributed by atoms with Crippen LogP contribution in [0.5, 0.6) is 0 Å². The number of hydrogen-bond donors (Lipinski definition) is 2. The second-order valence-corrected chi connectivity index (χ2v) is 8.03. The maximum Gasteiger partial charge on any atom is 0.407 e. The molecule has 0 aromatic heterocycles. The Kier molecular flexibility index (Phi) is 7.03. The number of nitrogens with one attached hydrogen (secondary N) is 1. The molecule has 0 saturated carbocycles. The monoisotopic (exact) mass is 365 g/mol. The van der Waals surface area contributed by atoms with E-state index in [1.165, 1.54) is 0 Å². The Hall–Kier alpha value is -1.63. The molecular weight excluding hydrogens is 334 g/mol. The van der Waals surface area contributed by atoms with Crippen molar-refractivity contribution in [3.63, 3.8) is 0 Å². The Morgan fingerprint density at radius 2 is 1.88 bits per heavy atom. The summed E-state index contributed by atoms with van der Waals surface area (Å²) in [7, 11) is 0. The number of carbonyl (C=O) groups excluding carboxylic acids is 1. The van der Waals surface area contributed by atoms with Gasteiger partial charge in [-0.15, -0.1) is 0 Å². The summed E-state index contributed by atoms with van der Waals surface area (Å²) in [6.07, 6.45) is -1.30. The predicted octanol–water partition coefficient (Wildman–Crippen LogP) is 3.70. The van der Waals surface area contributed by atoms with E-state index in [4.69, 9.17) is 14.2 Å². The van der Waals surface area contributed by atoms with Gasteiger partial charge in [-0.1, -0.05) is 38.1 Å². The molecule has 1 aliphatic heterocycles.